The average Bonchev–Trinajstić information content (AvgIpc) is 3.21. The zero-order valence-corrected chi connectivity index (χ0v) is 17.9. The van der Waals surface area contributed by atoms with E-state index in [1.807, 2.05) is 61.5 Å². The maximum Gasteiger partial charge on any atom is 0.410 e. The molecule has 0 fully saturated rings. The number of rotatable bonds is 5. The van der Waals surface area contributed by atoms with Crippen molar-refractivity contribution in [2.75, 3.05) is 12.4 Å². The molecule has 0 unspecified atom stereocenters. The number of amides is 1. The van der Waals surface area contributed by atoms with Gasteiger partial charge >= 0.3 is 6.18 Å². The summed E-state index contributed by atoms with van der Waals surface area (Å²) in [6.45, 7) is 2.37. The lowest BCUT2D eigenvalue weighted by Crippen LogP contribution is -2.36. The van der Waals surface area contributed by atoms with E-state index < -0.39 is 18.3 Å². The van der Waals surface area contributed by atoms with Crippen LogP contribution in [-0.4, -0.2) is 33.8 Å². The van der Waals surface area contributed by atoms with Crippen LogP contribution in [-0.2, 0) is 13.0 Å². The molecule has 2 aromatic carbocycles. The first-order valence-corrected chi connectivity index (χ1v) is 10.6. The molecular formula is C24H25F3N4O. The smallest absolute Gasteiger partial charge is 0.363 e. The number of nitrogens with zero attached hydrogens (tertiary/aromatic N) is 3. The number of hydrogen-bond acceptors (Lipinski definition) is 3. The SMILES string of the molecule is CCc1ccc([C@@H]2C[C@H](C(F)(F)F)n3ncc(C(=O)N(C)Cc4ccccc4)c3N2)cc1. The Morgan fingerprint density at radius 2 is 1.81 bits per heavy atom. The first-order chi connectivity index (χ1) is 15.3. The molecule has 0 aliphatic carbocycles. The molecule has 0 bridgehead atoms. The number of anilines is 1. The van der Waals surface area contributed by atoms with Crippen LogP contribution in [0.4, 0.5) is 19.0 Å². The summed E-state index contributed by atoms with van der Waals surface area (Å²) in [5.41, 5.74) is 2.92. The summed E-state index contributed by atoms with van der Waals surface area (Å²) in [5.74, 6) is -0.279. The van der Waals surface area contributed by atoms with Crippen LogP contribution in [0, 0.1) is 0 Å². The molecule has 0 saturated carbocycles. The summed E-state index contributed by atoms with van der Waals surface area (Å²) >= 11 is 0. The van der Waals surface area contributed by atoms with Crippen molar-refractivity contribution in [3.8, 4) is 0 Å². The van der Waals surface area contributed by atoms with Crippen molar-refractivity contribution in [3.63, 3.8) is 0 Å². The first kappa shape index (κ1) is 21.9. The Hall–Kier alpha value is -3.29. The Balaban J connectivity index is 1.65. The highest BCUT2D eigenvalue weighted by atomic mass is 19.4. The van der Waals surface area contributed by atoms with E-state index in [4.69, 9.17) is 0 Å². The highest BCUT2D eigenvalue weighted by molar-refractivity contribution is 5.98. The molecule has 0 saturated heterocycles. The number of halogens is 3. The molecule has 0 spiro atoms. The molecule has 0 radical (unpaired) electrons. The Morgan fingerprint density at radius 3 is 2.44 bits per heavy atom. The molecule has 4 rings (SSSR count). The van der Waals surface area contributed by atoms with E-state index in [1.54, 1.807) is 7.05 Å². The minimum atomic E-state index is -4.49. The number of hydrogen-bond donors (Lipinski definition) is 1. The summed E-state index contributed by atoms with van der Waals surface area (Å²) in [6, 6.07) is 14.6. The van der Waals surface area contributed by atoms with Gasteiger partial charge in [-0.3, -0.25) is 4.79 Å². The van der Waals surface area contributed by atoms with E-state index in [-0.39, 0.29) is 23.7 Å². The van der Waals surface area contributed by atoms with Crippen molar-refractivity contribution in [2.45, 2.75) is 44.6 Å². The summed E-state index contributed by atoms with van der Waals surface area (Å²) in [7, 11) is 1.63. The van der Waals surface area contributed by atoms with Crippen molar-refractivity contribution in [1.82, 2.24) is 14.7 Å². The van der Waals surface area contributed by atoms with Gasteiger partial charge in [-0.15, -0.1) is 0 Å². The third-order valence-electron chi connectivity index (χ3n) is 5.87. The van der Waals surface area contributed by atoms with Gasteiger partial charge in [0, 0.05) is 20.0 Å². The van der Waals surface area contributed by atoms with Crippen molar-refractivity contribution in [3.05, 3.63) is 83.0 Å². The molecule has 1 aliphatic heterocycles. The van der Waals surface area contributed by atoms with Gasteiger partial charge in [0.25, 0.3) is 5.91 Å². The van der Waals surface area contributed by atoms with Crippen LogP contribution < -0.4 is 5.32 Å². The lowest BCUT2D eigenvalue weighted by Gasteiger charge is -2.34. The number of aryl methyl sites for hydroxylation is 1. The van der Waals surface area contributed by atoms with Crippen LogP contribution in [0.3, 0.4) is 0 Å². The van der Waals surface area contributed by atoms with E-state index in [9.17, 15) is 18.0 Å². The molecule has 1 aromatic heterocycles. The van der Waals surface area contributed by atoms with E-state index in [0.29, 0.717) is 6.54 Å². The van der Waals surface area contributed by atoms with E-state index in [0.717, 1.165) is 27.8 Å². The van der Waals surface area contributed by atoms with Crippen LogP contribution in [0.15, 0.2) is 60.8 Å². The number of alkyl halides is 3. The van der Waals surface area contributed by atoms with Crippen LogP contribution in [0.1, 0.15) is 52.5 Å². The quantitative estimate of drug-likeness (QED) is 0.577. The maximum absolute atomic E-state index is 13.9. The van der Waals surface area contributed by atoms with Gasteiger partial charge in [-0.05, 0) is 23.1 Å². The Morgan fingerprint density at radius 1 is 1.12 bits per heavy atom. The predicted molar refractivity (Wildman–Crippen MR) is 116 cm³/mol. The van der Waals surface area contributed by atoms with Crippen LogP contribution >= 0.6 is 0 Å². The second-order valence-electron chi connectivity index (χ2n) is 8.08. The van der Waals surface area contributed by atoms with E-state index >= 15 is 0 Å². The second kappa shape index (κ2) is 8.68. The number of carbonyl (C=O) groups is 1. The highest BCUT2D eigenvalue weighted by Crippen LogP contribution is 2.44. The first-order valence-electron chi connectivity index (χ1n) is 10.6. The van der Waals surface area contributed by atoms with Crippen molar-refractivity contribution >= 4 is 11.7 Å². The number of aromatic nitrogens is 2. The third-order valence-corrected chi connectivity index (χ3v) is 5.87. The summed E-state index contributed by atoms with van der Waals surface area (Å²) in [4.78, 5) is 14.6. The molecule has 5 nitrogen and oxygen atoms in total. The van der Waals surface area contributed by atoms with Gasteiger partial charge in [0.15, 0.2) is 6.04 Å². The molecule has 168 valence electrons. The van der Waals surface area contributed by atoms with Gasteiger partial charge in [-0.2, -0.15) is 18.3 Å². The molecule has 2 atom stereocenters. The Labute approximate surface area is 184 Å². The summed E-state index contributed by atoms with van der Waals surface area (Å²) in [6.07, 6.45) is -2.60. The fourth-order valence-electron chi connectivity index (χ4n) is 4.06. The normalized spacial score (nSPS) is 18.0. The number of carbonyl (C=O) groups excluding carboxylic acids is 1. The van der Waals surface area contributed by atoms with E-state index in [1.165, 1.54) is 11.1 Å². The highest BCUT2D eigenvalue weighted by Gasteiger charge is 2.47. The third kappa shape index (κ3) is 4.35. The van der Waals surface area contributed by atoms with Gasteiger partial charge in [0.05, 0.1) is 12.2 Å². The molecular weight excluding hydrogens is 417 g/mol. The minimum Gasteiger partial charge on any atom is -0.363 e. The monoisotopic (exact) mass is 442 g/mol. The van der Waals surface area contributed by atoms with Gasteiger partial charge < -0.3 is 10.2 Å². The Kier molecular flexibility index (Phi) is 5.95. The molecule has 8 heteroatoms. The molecule has 32 heavy (non-hydrogen) atoms. The zero-order chi connectivity index (χ0) is 22.9. The number of nitrogens with one attached hydrogen (secondary N) is 1. The molecule has 2 heterocycles. The summed E-state index contributed by atoms with van der Waals surface area (Å²) < 4.78 is 42.6. The standard InChI is InChI=1S/C24H25F3N4O/c1-3-16-9-11-18(12-10-16)20-13-21(24(25,26)27)31-22(29-20)19(14-28-31)23(32)30(2)15-17-7-5-4-6-8-17/h4-12,14,20-21,29H,3,13,15H2,1-2H3/t20-,21+/m0/s1. The molecule has 1 N–H and O–H groups in total. The lowest BCUT2D eigenvalue weighted by molar-refractivity contribution is -0.173. The van der Waals surface area contributed by atoms with Crippen molar-refractivity contribution < 1.29 is 18.0 Å². The van der Waals surface area contributed by atoms with Crippen LogP contribution in [0.5, 0.6) is 0 Å². The average molecular weight is 442 g/mol. The number of fused-ring (bicyclic) bond motifs is 1. The molecule has 3 aromatic rings. The van der Waals surface area contributed by atoms with Gasteiger partial charge in [0.2, 0.25) is 0 Å². The fourth-order valence-corrected chi connectivity index (χ4v) is 4.06. The van der Waals surface area contributed by atoms with Gasteiger partial charge in [-0.25, -0.2) is 4.68 Å². The second-order valence-corrected chi connectivity index (χ2v) is 8.08. The van der Waals surface area contributed by atoms with Gasteiger partial charge in [0.1, 0.15) is 11.4 Å². The predicted octanol–water partition coefficient (Wildman–Crippen LogP) is 5.38. The largest absolute Gasteiger partial charge is 0.410 e. The van der Waals surface area contributed by atoms with Gasteiger partial charge in [-0.1, -0.05) is 61.5 Å². The molecule has 1 amide bonds. The minimum absolute atomic E-state index is 0.105. The topological polar surface area (TPSA) is 50.2 Å². The van der Waals surface area contributed by atoms with Crippen molar-refractivity contribution in [2.24, 2.45) is 0 Å². The Bertz CT molecular complexity index is 1080. The van der Waals surface area contributed by atoms with Crippen LogP contribution in [0.25, 0.3) is 0 Å². The lowest BCUT2D eigenvalue weighted by atomic mass is 9.95. The zero-order valence-electron chi connectivity index (χ0n) is 17.9. The van der Waals surface area contributed by atoms with Crippen LogP contribution in [0.2, 0.25) is 0 Å². The fraction of sp³-hybridized carbons (Fsp3) is 0.333. The van der Waals surface area contributed by atoms with Crippen molar-refractivity contribution in [1.29, 1.82) is 0 Å². The summed E-state index contributed by atoms with van der Waals surface area (Å²) in [5, 5.41) is 7.11. The molecule has 1 aliphatic rings. The maximum atomic E-state index is 13.9. The van der Waals surface area contributed by atoms with E-state index in [2.05, 4.69) is 10.4 Å². The number of benzene rings is 2.